The Bertz CT molecular complexity index is 1210. The van der Waals surface area contributed by atoms with Gasteiger partial charge in [0.25, 0.3) is 11.8 Å². The van der Waals surface area contributed by atoms with E-state index in [2.05, 4.69) is 10.6 Å². The molecule has 1 heterocycles. The molecule has 1 aliphatic rings. The van der Waals surface area contributed by atoms with Crippen molar-refractivity contribution in [1.29, 1.82) is 0 Å². The second-order valence-electron chi connectivity index (χ2n) is 7.02. The number of para-hydroxylation sites is 1. The van der Waals surface area contributed by atoms with E-state index < -0.39 is 5.91 Å². The Morgan fingerprint density at radius 1 is 1.12 bits per heavy atom. The number of carbonyl (C=O) groups is 2. The number of hydrogen-bond acceptors (Lipinski definition) is 4. The number of amides is 2. The molecule has 2 N–H and O–H groups in total. The zero-order valence-corrected chi connectivity index (χ0v) is 18.1. The van der Waals surface area contributed by atoms with Crippen molar-refractivity contribution < 1.29 is 19.1 Å². The summed E-state index contributed by atoms with van der Waals surface area (Å²) in [5.41, 5.74) is 2.38. The lowest BCUT2D eigenvalue weighted by molar-refractivity contribution is -0.115. The van der Waals surface area contributed by atoms with Crippen LogP contribution < -0.4 is 20.1 Å². The number of nitrogens with one attached hydrogen (secondary N) is 2. The Kier molecular flexibility index (Phi) is 6.42. The van der Waals surface area contributed by atoms with Gasteiger partial charge in [-0.05, 0) is 48.9 Å². The third kappa shape index (κ3) is 4.76. The maximum atomic E-state index is 12.7. The maximum Gasteiger partial charge on any atom is 0.291 e. The Balaban J connectivity index is 1.48. The van der Waals surface area contributed by atoms with Gasteiger partial charge in [-0.1, -0.05) is 48.0 Å². The molecule has 3 aromatic carbocycles. The Morgan fingerprint density at radius 2 is 1.91 bits per heavy atom. The number of anilines is 1. The molecule has 0 saturated heterocycles. The van der Waals surface area contributed by atoms with Crippen LogP contribution in [0.2, 0.25) is 5.02 Å². The molecule has 6 nitrogen and oxygen atoms in total. The van der Waals surface area contributed by atoms with Gasteiger partial charge < -0.3 is 20.1 Å². The molecule has 0 spiro atoms. The van der Waals surface area contributed by atoms with E-state index in [0.717, 1.165) is 11.3 Å². The first-order chi connectivity index (χ1) is 15.5. The molecule has 162 valence electrons. The Labute approximate surface area is 190 Å². The van der Waals surface area contributed by atoms with Crippen LogP contribution in [0.15, 0.2) is 72.5 Å². The molecule has 0 aliphatic carbocycles. The topological polar surface area (TPSA) is 76.7 Å². The summed E-state index contributed by atoms with van der Waals surface area (Å²) in [5, 5.41) is 6.16. The highest BCUT2D eigenvalue weighted by molar-refractivity contribution is 6.32. The number of rotatable bonds is 6. The molecule has 2 amide bonds. The third-order valence-corrected chi connectivity index (χ3v) is 5.18. The first-order valence-electron chi connectivity index (χ1n) is 10.1. The molecule has 7 heteroatoms. The number of benzene rings is 3. The van der Waals surface area contributed by atoms with E-state index in [1.54, 1.807) is 36.4 Å². The van der Waals surface area contributed by atoms with E-state index in [1.807, 2.05) is 43.3 Å². The Hall–Kier alpha value is -3.77. The van der Waals surface area contributed by atoms with Gasteiger partial charge in [-0.25, -0.2) is 0 Å². The van der Waals surface area contributed by atoms with Crippen molar-refractivity contribution in [1.82, 2.24) is 5.32 Å². The molecule has 0 radical (unpaired) electrons. The van der Waals surface area contributed by atoms with Crippen molar-refractivity contribution in [2.24, 2.45) is 0 Å². The van der Waals surface area contributed by atoms with Crippen LogP contribution in [0.3, 0.4) is 0 Å². The van der Waals surface area contributed by atoms with Crippen LogP contribution in [-0.2, 0) is 11.3 Å². The van der Waals surface area contributed by atoms with Gasteiger partial charge in [0.05, 0.1) is 12.3 Å². The van der Waals surface area contributed by atoms with Gasteiger partial charge in [0.1, 0.15) is 5.75 Å². The van der Waals surface area contributed by atoms with E-state index in [1.165, 1.54) is 0 Å². The summed E-state index contributed by atoms with van der Waals surface area (Å²) in [4.78, 5) is 25.2. The highest BCUT2D eigenvalue weighted by Gasteiger charge is 2.23. The fourth-order valence-electron chi connectivity index (χ4n) is 3.26. The predicted octanol–water partition coefficient (Wildman–Crippen LogP) is 5.04. The van der Waals surface area contributed by atoms with Crippen LogP contribution in [-0.4, -0.2) is 18.4 Å². The molecule has 4 rings (SSSR count). The van der Waals surface area contributed by atoms with Crippen LogP contribution in [0.5, 0.6) is 11.5 Å². The smallest absolute Gasteiger partial charge is 0.291 e. The molecular weight excluding hydrogens is 428 g/mol. The molecule has 0 saturated carbocycles. The van der Waals surface area contributed by atoms with E-state index in [4.69, 9.17) is 21.1 Å². The first-order valence-corrected chi connectivity index (χ1v) is 10.5. The first kappa shape index (κ1) is 21.5. The molecule has 1 aliphatic heterocycles. The summed E-state index contributed by atoms with van der Waals surface area (Å²) in [6.45, 7) is 2.77. The van der Waals surface area contributed by atoms with Gasteiger partial charge in [0.2, 0.25) is 0 Å². The lowest BCUT2D eigenvalue weighted by Gasteiger charge is -2.20. The average Bonchev–Trinajstić information content (AvgIpc) is 2.80. The van der Waals surface area contributed by atoms with Crippen LogP contribution in [0.25, 0.3) is 6.08 Å². The van der Waals surface area contributed by atoms with Crippen molar-refractivity contribution in [3.63, 3.8) is 0 Å². The second-order valence-corrected chi connectivity index (χ2v) is 7.43. The van der Waals surface area contributed by atoms with Crippen LogP contribution >= 0.6 is 11.6 Å². The van der Waals surface area contributed by atoms with E-state index >= 15 is 0 Å². The van der Waals surface area contributed by atoms with Gasteiger partial charge in [-0.2, -0.15) is 0 Å². The molecule has 32 heavy (non-hydrogen) atoms. The molecule has 3 aromatic rings. The predicted molar refractivity (Wildman–Crippen MR) is 124 cm³/mol. The summed E-state index contributed by atoms with van der Waals surface area (Å²) in [7, 11) is 0. The van der Waals surface area contributed by atoms with Crippen LogP contribution in [0, 0.1) is 0 Å². The van der Waals surface area contributed by atoms with E-state index in [9.17, 15) is 9.59 Å². The van der Waals surface area contributed by atoms with Gasteiger partial charge in [-0.15, -0.1) is 0 Å². The molecule has 0 bridgehead atoms. The van der Waals surface area contributed by atoms with Crippen molar-refractivity contribution >= 4 is 35.2 Å². The monoisotopic (exact) mass is 448 g/mol. The van der Waals surface area contributed by atoms with Crippen molar-refractivity contribution in [2.75, 3.05) is 11.9 Å². The molecule has 0 aromatic heterocycles. The SMILES string of the molecule is CCOc1ccccc1CNC(=O)c1ccc2c(c1)NC(=O)/C(=C\c1ccccc1Cl)O2. The quantitative estimate of drug-likeness (QED) is 0.518. The fraction of sp³-hybridized carbons (Fsp3) is 0.120. The lowest BCUT2D eigenvalue weighted by atomic mass is 10.1. The summed E-state index contributed by atoms with van der Waals surface area (Å²) < 4.78 is 11.3. The maximum absolute atomic E-state index is 12.7. The lowest BCUT2D eigenvalue weighted by Crippen LogP contribution is -2.26. The average molecular weight is 449 g/mol. The van der Waals surface area contributed by atoms with Gasteiger partial charge >= 0.3 is 0 Å². The minimum atomic E-state index is -0.416. The fourth-order valence-corrected chi connectivity index (χ4v) is 3.45. The molecular formula is C25H21ClN2O4. The van der Waals surface area contributed by atoms with Gasteiger partial charge in [-0.3, -0.25) is 9.59 Å². The van der Waals surface area contributed by atoms with Gasteiger partial charge in [0, 0.05) is 22.7 Å². The number of fused-ring (bicyclic) bond motifs is 1. The van der Waals surface area contributed by atoms with Gasteiger partial charge in [0.15, 0.2) is 11.5 Å². The highest BCUT2D eigenvalue weighted by Crippen LogP contribution is 2.33. The molecule has 0 atom stereocenters. The largest absolute Gasteiger partial charge is 0.494 e. The minimum Gasteiger partial charge on any atom is -0.494 e. The zero-order valence-electron chi connectivity index (χ0n) is 17.4. The zero-order chi connectivity index (χ0) is 22.5. The number of carbonyl (C=O) groups excluding carboxylic acids is 2. The summed E-state index contributed by atoms with van der Waals surface area (Å²) in [6.07, 6.45) is 1.58. The van der Waals surface area contributed by atoms with Crippen molar-refractivity contribution in [3.8, 4) is 11.5 Å². The molecule has 0 fully saturated rings. The number of ether oxygens (including phenoxy) is 2. The number of hydrogen-bond donors (Lipinski definition) is 2. The standard InChI is InChI=1S/C25H21ClN2O4/c1-2-31-21-10-6-4-8-18(21)15-27-24(29)17-11-12-22-20(13-17)28-25(30)23(32-22)14-16-7-3-5-9-19(16)26/h3-14H,2,15H2,1H3,(H,27,29)(H,28,30)/b23-14+. The van der Waals surface area contributed by atoms with Crippen molar-refractivity contribution in [2.45, 2.75) is 13.5 Å². The van der Waals surface area contributed by atoms with E-state index in [-0.39, 0.29) is 11.7 Å². The summed E-state index contributed by atoms with van der Waals surface area (Å²) in [6, 6.07) is 19.6. The van der Waals surface area contributed by atoms with E-state index in [0.29, 0.717) is 40.7 Å². The normalized spacial score (nSPS) is 13.7. The second kappa shape index (κ2) is 9.58. The minimum absolute atomic E-state index is 0.121. The van der Waals surface area contributed by atoms with Crippen LogP contribution in [0.4, 0.5) is 5.69 Å². The van der Waals surface area contributed by atoms with Crippen molar-refractivity contribution in [3.05, 3.63) is 94.2 Å². The summed E-state index contributed by atoms with van der Waals surface area (Å²) >= 11 is 6.16. The Morgan fingerprint density at radius 3 is 2.72 bits per heavy atom. The highest BCUT2D eigenvalue weighted by atomic mass is 35.5. The summed E-state index contributed by atoms with van der Waals surface area (Å²) in [5.74, 6) is 0.613. The number of halogens is 1. The van der Waals surface area contributed by atoms with Crippen LogP contribution in [0.1, 0.15) is 28.4 Å². The molecule has 0 unspecified atom stereocenters. The third-order valence-electron chi connectivity index (χ3n) is 4.84.